The molecule has 0 unspecified atom stereocenters. The lowest BCUT2D eigenvalue weighted by Crippen LogP contribution is -2.77. The molecular formula is C22H30N2O5. The number of nitrogens with zero attached hydrogens (tertiary/aromatic N) is 2. The van der Waals surface area contributed by atoms with Gasteiger partial charge in [-0.15, -0.1) is 0 Å². The molecule has 158 valence electrons. The molecule has 0 aromatic carbocycles. The number of ether oxygens (including phenoxy) is 3. The van der Waals surface area contributed by atoms with Crippen molar-refractivity contribution in [1.29, 1.82) is 0 Å². The maximum atomic E-state index is 12.9. The highest BCUT2D eigenvalue weighted by Crippen LogP contribution is 2.37. The van der Waals surface area contributed by atoms with E-state index in [2.05, 4.69) is 16.8 Å². The molecule has 0 spiro atoms. The fraction of sp³-hybridized carbons (Fsp3) is 0.636. The summed E-state index contributed by atoms with van der Waals surface area (Å²) in [6.07, 6.45) is 6.75. The zero-order valence-electron chi connectivity index (χ0n) is 17.4. The van der Waals surface area contributed by atoms with Crippen molar-refractivity contribution >= 4 is 5.91 Å². The standard InChI is InChI=1S/C22H30N2O5/c1-16-12-23-19(10-18(16)7-5-4-6-17-8-9-17)11-22(29-15-28-3)20(13-25)24(14-27-2)21(22)26/h10,12,17,20,25H,4,6,8-9,11,13-15H2,1-3H3/t20-,22+/m0/s1. The Balaban J connectivity index is 1.78. The molecule has 1 saturated heterocycles. The number of carbonyl (C=O) groups is 1. The average molecular weight is 402 g/mol. The molecule has 1 aromatic heterocycles. The van der Waals surface area contributed by atoms with Crippen LogP contribution in [0.5, 0.6) is 0 Å². The van der Waals surface area contributed by atoms with Crippen LogP contribution in [-0.2, 0) is 25.4 Å². The van der Waals surface area contributed by atoms with Crippen molar-refractivity contribution in [3.8, 4) is 11.8 Å². The summed E-state index contributed by atoms with van der Waals surface area (Å²) in [5.41, 5.74) is 1.39. The Kier molecular flexibility index (Phi) is 7.25. The first kappa shape index (κ1) is 21.7. The molecular weight excluding hydrogens is 372 g/mol. The Morgan fingerprint density at radius 2 is 2.14 bits per heavy atom. The first-order valence-electron chi connectivity index (χ1n) is 10.0. The molecule has 1 aliphatic carbocycles. The molecule has 0 bridgehead atoms. The van der Waals surface area contributed by atoms with Crippen molar-refractivity contribution in [2.75, 3.05) is 34.4 Å². The minimum Gasteiger partial charge on any atom is -0.394 e. The maximum Gasteiger partial charge on any atom is 0.259 e. The first-order chi connectivity index (χ1) is 14.1. The van der Waals surface area contributed by atoms with Gasteiger partial charge < -0.3 is 24.2 Å². The quantitative estimate of drug-likeness (QED) is 0.364. The van der Waals surface area contributed by atoms with Crippen LogP contribution in [0.15, 0.2) is 12.3 Å². The molecule has 2 aliphatic rings. The van der Waals surface area contributed by atoms with Crippen molar-refractivity contribution in [3.63, 3.8) is 0 Å². The summed E-state index contributed by atoms with van der Waals surface area (Å²) in [6.45, 7) is 1.78. The van der Waals surface area contributed by atoms with Gasteiger partial charge in [-0.1, -0.05) is 24.7 Å². The van der Waals surface area contributed by atoms with Crippen LogP contribution in [0, 0.1) is 24.7 Å². The van der Waals surface area contributed by atoms with Crippen LogP contribution in [0.3, 0.4) is 0 Å². The summed E-state index contributed by atoms with van der Waals surface area (Å²) in [5.74, 6) is 7.13. The normalized spacial score (nSPS) is 23.5. The lowest BCUT2D eigenvalue weighted by molar-refractivity contribution is -0.237. The van der Waals surface area contributed by atoms with Gasteiger partial charge >= 0.3 is 0 Å². The number of hydrogen-bond donors (Lipinski definition) is 1. The van der Waals surface area contributed by atoms with E-state index in [0.717, 1.165) is 23.5 Å². The number of rotatable bonds is 10. The number of pyridine rings is 1. The lowest BCUT2D eigenvalue weighted by atomic mass is 9.78. The second kappa shape index (κ2) is 9.68. The Morgan fingerprint density at radius 1 is 1.34 bits per heavy atom. The van der Waals surface area contributed by atoms with E-state index in [1.807, 2.05) is 13.0 Å². The molecule has 1 N–H and O–H groups in total. The predicted octanol–water partition coefficient (Wildman–Crippen LogP) is 1.64. The summed E-state index contributed by atoms with van der Waals surface area (Å²) < 4.78 is 15.9. The van der Waals surface area contributed by atoms with Gasteiger partial charge in [-0.2, -0.15) is 0 Å². The number of aliphatic hydroxyl groups excluding tert-OH is 1. The van der Waals surface area contributed by atoms with Crippen LogP contribution >= 0.6 is 0 Å². The van der Waals surface area contributed by atoms with E-state index in [0.29, 0.717) is 5.69 Å². The van der Waals surface area contributed by atoms with Gasteiger partial charge in [0.2, 0.25) is 0 Å². The summed E-state index contributed by atoms with van der Waals surface area (Å²) in [7, 11) is 3.00. The van der Waals surface area contributed by atoms with Crippen LogP contribution in [-0.4, -0.2) is 66.9 Å². The van der Waals surface area contributed by atoms with Gasteiger partial charge in [0.1, 0.15) is 13.5 Å². The molecule has 2 atom stereocenters. The number of aromatic nitrogens is 1. The van der Waals surface area contributed by atoms with Gasteiger partial charge in [-0.3, -0.25) is 9.78 Å². The Hall–Kier alpha value is -1.98. The Labute approximate surface area is 172 Å². The van der Waals surface area contributed by atoms with Crippen molar-refractivity contribution in [1.82, 2.24) is 9.88 Å². The maximum absolute atomic E-state index is 12.9. The van der Waals surface area contributed by atoms with Gasteiger partial charge in [0.05, 0.1) is 12.6 Å². The second-order valence-corrected chi connectivity index (χ2v) is 7.78. The van der Waals surface area contributed by atoms with Crippen molar-refractivity contribution < 1.29 is 24.1 Å². The number of methoxy groups -OCH3 is 2. The molecule has 0 radical (unpaired) electrons. The van der Waals surface area contributed by atoms with Crippen LogP contribution in [0.2, 0.25) is 0 Å². The van der Waals surface area contributed by atoms with Gasteiger partial charge in [0, 0.05) is 44.5 Å². The fourth-order valence-electron chi connectivity index (χ4n) is 3.72. The molecule has 29 heavy (non-hydrogen) atoms. The third-order valence-electron chi connectivity index (χ3n) is 5.61. The highest BCUT2D eigenvalue weighted by atomic mass is 16.7. The molecule has 2 heterocycles. The van der Waals surface area contributed by atoms with E-state index in [1.54, 1.807) is 6.20 Å². The first-order valence-corrected chi connectivity index (χ1v) is 10.0. The van der Waals surface area contributed by atoms with Gasteiger partial charge in [-0.05, 0) is 30.9 Å². The van der Waals surface area contributed by atoms with Crippen LogP contribution in [0.1, 0.15) is 42.5 Å². The summed E-state index contributed by atoms with van der Waals surface area (Å²) in [6, 6.07) is 1.39. The van der Waals surface area contributed by atoms with E-state index < -0.39 is 11.6 Å². The smallest absolute Gasteiger partial charge is 0.259 e. The van der Waals surface area contributed by atoms with Gasteiger partial charge in [0.25, 0.3) is 5.91 Å². The summed E-state index contributed by atoms with van der Waals surface area (Å²) in [4.78, 5) is 18.8. The van der Waals surface area contributed by atoms with Crippen LogP contribution < -0.4 is 0 Å². The SMILES string of the molecule is COCO[C@@]1(Cc2cc(C#CCCC3CC3)c(C)cn2)C(=O)N(COC)[C@H]1CO. The zero-order valence-corrected chi connectivity index (χ0v) is 17.4. The van der Waals surface area contributed by atoms with E-state index in [9.17, 15) is 9.90 Å². The average Bonchev–Trinajstić information content (AvgIpc) is 3.55. The van der Waals surface area contributed by atoms with E-state index >= 15 is 0 Å². The Bertz CT molecular complexity index is 783. The van der Waals surface area contributed by atoms with Crippen molar-refractivity contribution in [2.24, 2.45) is 5.92 Å². The third-order valence-corrected chi connectivity index (χ3v) is 5.61. The minimum absolute atomic E-state index is 0.0528. The number of aryl methyl sites for hydroxylation is 1. The minimum atomic E-state index is -1.22. The number of β-lactam (4-membered cyclic amide) rings is 1. The number of carbonyl (C=O) groups excluding carboxylic acids is 1. The number of likely N-dealkylation sites (tertiary alicyclic amines) is 1. The highest BCUT2D eigenvalue weighted by molar-refractivity contribution is 5.93. The second-order valence-electron chi connectivity index (χ2n) is 7.78. The third kappa shape index (κ3) is 4.78. The highest BCUT2D eigenvalue weighted by Gasteiger charge is 2.62. The molecule has 1 amide bonds. The zero-order chi connectivity index (χ0) is 20.9. The summed E-state index contributed by atoms with van der Waals surface area (Å²) in [5, 5.41) is 9.89. The topological polar surface area (TPSA) is 81.1 Å². The van der Waals surface area contributed by atoms with Gasteiger partial charge in [-0.25, -0.2) is 0 Å². The lowest BCUT2D eigenvalue weighted by Gasteiger charge is -2.54. The monoisotopic (exact) mass is 402 g/mol. The molecule has 1 saturated carbocycles. The number of hydrogen-bond acceptors (Lipinski definition) is 6. The van der Waals surface area contributed by atoms with Crippen molar-refractivity contribution in [2.45, 2.75) is 50.7 Å². The van der Waals surface area contributed by atoms with E-state index in [-0.39, 0.29) is 32.5 Å². The molecule has 1 aromatic rings. The number of aliphatic hydroxyl groups is 1. The van der Waals surface area contributed by atoms with Gasteiger partial charge in [0.15, 0.2) is 5.60 Å². The predicted molar refractivity (Wildman–Crippen MR) is 107 cm³/mol. The Morgan fingerprint density at radius 3 is 2.79 bits per heavy atom. The summed E-state index contributed by atoms with van der Waals surface area (Å²) >= 11 is 0. The van der Waals surface area contributed by atoms with Crippen molar-refractivity contribution in [3.05, 3.63) is 29.1 Å². The van der Waals surface area contributed by atoms with E-state index in [4.69, 9.17) is 14.2 Å². The molecule has 7 heteroatoms. The van der Waals surface area contributed by atoms with Crippen LogP contribution in [0.4, 0.5) is 0 Å². The molecule has 1 aliphatic heterocycles. The molecule has 3 rings (SSSR count). The van der Waals surface area contributed by atoms with E-state index in [1.165, 1.54) is 38.4 Å². The number of amides is 1. The fourth-order valence-corrected chi connectivity index (χ4v) is 3.72. The molecule has 7 nitrogen and oxygen atoms in total. The van der Waals surface area contributed by atoms with Crippen LogP contribution in [0.25, 0.3) is 0 Å². The largest absolute Gasteiger partial charge is 0.394 e. The molecule has 2 fully saturated rings.